The number of allylic oxidation sites excluding steroid dienone is 1. The summed E-state index contributed by atoms with van der Waals surface area (Å²) in [5.74, 6) is -0.0415. The SMILES string of the molecule is CCCCC(=O)/C=C(\NC(=O)OCc1ccccc1)c1ccc(Cl)cc1. The van der Waals surface area contributed by atoms with Crippen LogP contribution in [0.5, 0.6) is 0 Å². The number of carbonyl (C=O) groups is 2. The Kier molecular flexibility index (Phi) is 7.90. The number of unbranched alkanes of at least 4 members (excludes halogenated alkanes) is 1. The molecule has 0 unspecified atom stereocenters. The predicted octanol–water partition coefficient (Wildman–Crippen LogP) is 5.37. The van der Waals surface area contributed by atoms with Crippen molar-refractivity contribution in [1.29, 1.82) is 0 Å². The molecule has 0 saturated carbocycles. The maximum absolute atomic E-state index is 12.2. The monoisotopic (exact) mass is 371 g/mol. The molecule has 136 valence electrons. The first-order valence-electron chi connectivity index (χ1n) is 8.56. The van der Waals surface area contributed by atoms with Gasteiger partial charge in [-0.05, 0) is 29.7 Å². The van der Waals surface area contributed by atoms with Gasteiger partial charge in [0.05, 0.1) is 5.70 Å². The number of hydrogen-bond donors (Lipinski definition) is 1. The zero-order valence-electron chi connectivity index (χ0n) is 14.7. The van der Waals surface area contributed by atoms with Gasteiger partial charge in [-0.1, -0.05) is 67.4 Å². The second kappa shape index (κ2) is 10.4. The number of ketones is 1. The van der Waals surface area contributed by atoms with E-state index >= 15 is 0 Å². The van der Waals surface area contributed by atoms with Crippen LogP contribution in [0.4, 0.5) is 4.79 Å². The molecular formula is C21H22ClNO3. The lowest BCUT2D eigenvalue weighted by Crippen LogP contribution is -2.23. The van der Waals surface area contributed by atoms with E-state index in [1.54, 1.807) is 24.3 Å². The molecular weight excluding hydrogens is 350 g/mol. The van der Waals surface area contributed by atoms with Gasteiger partial charge >= 0.3 is 6.09 Å². The minimum atomic E-state index is -0.613. The van der Waals surface area contributed by atoms with Crippen molar-refractivity contribution in [2.75, 3.05) is 0 Å². The molecule has 0 aliphatic heterocycles. The Morgan fingerprint density at radius 1 is 1.08 bits per heavy atom. The molecule has 0 saturated heterocycles. The van der Waals surface area contributed by atoms with Gasteiger partial charge in [-0.3, -0.25) is 10.1 Å². The van der Waals surface area contributed by atoms with Crippen LogP contribution in [0, 0.1) is 0 Å². The first-order valence-corrected chi connectivity index (χ1v) is 8.94. The molecule has 1 amide bonds. The van der Waals surface area contributed by atoms with Crippen molar-refractivity contribution in [3.63, 3.8) is 0 Å². The van der Waals surface area contributed by atoms with Crippen molar-refractivity contribution in [2.45, 2.75) is 32.8 Å². The average molecular weight is 372 g/mol. The minimum absolute atomic E-state index is 0.0415. The Morgan fingerprint density at radius 2 is 1.77 bits per heavy atom. The Morgan fingerprint density at radius 3 is 2.42 bits per heavy atom. The first-order chi connectivity index (χ1) is 12.6. The average Bonchev–Trinajstić information content (AvgIpc) is 2.65. The summed E-state index contributed by atoms with van der Waals surface area (Å²) in [6.07, 6.45) is 3.01. The molecule has 26 heavy (non-hydrogen) atoms. The van der Waals surface area contributed by atoms with Gasteiger partial charge in [0.25, 0.3) is 0 Å². The highest BCUT2D eigenvalue weighted by molar-refractivity contribution is 6.30. The third-order valence-electron chi connectivity index (χ3n) is 3.69. The van der Waals surface area contributed by atoms with Crippen LogP contribution < -0.4 is 5.32 Å². The van der Waals surface area contributed by atoms with Gasteiger partial charge in [0, 0.05) is 17.5 Å². The smallest absolute Gasteiger partial charge is 0.411 e. The molecule has 0 heterocycles. The molecule has 0 spiro atoms. The van der Waals surface area contributed by atoms with E-state index in [9.17, 15) is 9.59 Å². The molecule has 2 aromatic carbocycles. The molecule has 0 fully saturated rings. The highest BCUT2D eigenvalue weighted by atomic mass is 35.5. The van der Waals surface area contributed by atoms with E-state index in [4.69, 9.17) is 16.3 Å². The quantitative estimate of drug-likeness (QED) is 0.635. The van der Waals surface area contributed by atoms with Crippen LogP contribution >= 0.6 is 11.6 Å². The Hall–Kier alpha value is -2.59. The third-order valence-corrected chi connectivity index (χ3v) is 3.94. The number of halogens is 1. The van der Waals surface area contributed by atoms with E-state index < -0.39 is 6.09 Å². The Labute approximate surface area is 158 Å². The van der Waals surface area contributed by atoms with Gasteiger partial charge in [-0.15, -0.1) is 0 Å². The van der Waals surface area contributed by atoms with E-state index in [0.29, 0.717) is 22.7 Å². The van der Waals surface area contributed by atoms with E-state index in [1.165, 1.54) is 6.08 Å². The number of amides is 1. The van der Waals surface area contributed by atoms with Crippen LogP contribution in [0.3, 0.4) is 0 Å². The van der Waals surface area contributed by atoms with Crippen LogP contribution in [0.2, 0.25) is 5.02 Å². The fourth-order valence-electron chi connectivity index (χ4n) is 2.27. The molecule has 0 aromatic heterocycles. The van der Waals surface area contributed by atoms with E-state index in [2.05, 4.69) is 5.32 Å². The van der Waals surface area contributed by atoms with Crippen molar-refractivity contribution in [1.82, 2.24) is 5.32 Å². The summed E-state index contributed by atoms with van der Waals surface area (Å²) in [6.45, 7) is 2.18. The molecule has 5 heteroatoms. The van der Waals surface area contributed by atoms with Crippen LogP contribution in [-0.2, 0) is 16.1 Å². The zero-order chi connectivity index (χ0) is 18.8. The highest BCUT2D eigenvalue weighted by Crippen LogP contribution is 2.17. The Balaban J connectivity index is 2.07. The van der Waals surface area contributed by atoms with Gasteiger partial charge < -0.3 is 4.74 Å². The van der Waals surface area contributed by atoms with Crippen molar-refractivity contribution >= 4 is 29.2 Å². The van der Waals surface area contributed by atoms with E-state index in [1.807, 2.05) is 37.3 Å². The van der Waals surface area contributed by atoms with Crippen molar-refractivity contribution < 1.29 is 14.3 Å². The van der Waals surface area contributed by atoms with Crippen molar-refractivity contribution in [3.05, 3.63) is 76.8 Å². The molecule has 1 N–H and O–H groups in total. The lowest BCUT2D eigenvalue weighted by molar-refractivity contribution is -0.114. The van der Waals surface area contributed by atoms with Crippen LogP contribution in [0.1, 0.15) is 37.3 Å². The Bertz CT molecular complexity index is 755. The van der Waals surface area contributed by atoms with Gasteiger partial charge in [-0.25, -0.2) is 4.79 Å². The molecule has 2 aromatic rings. The number of alkyl carbamates (subject to hydrolysis) is 1. The second-order valence-corrected chi connectivity index (χ2v) is 6.26. The summed E-state index contributed by atoms with van der Waals surface area (Å²) in [7, 11) is 0. The summed E-state index contributed by atoms with van der Waals surface area (Å²) in [5, 5.41) is 3.25. The number of carbonyl (C=O) groups excluding carboxylic acids is 2. The van der Waals surface area contributed by atoms with Crippen molar-refractivity contribution in [2.24, 2.45) is 0 Å². The van der Waals surface area contributed by atoms with Crippen LogP contribution in [-0.4, -0.2) is 11.9 Å². The van der Waals surface area contributed by atoms with Gasteiger partial charge in [-0.2, -0.15) is 0 Å². The molecule has 0 aliphatic rings. The topological polar surface area (TPSA) is 55.4 Å². The second-order valence-electron chi connectivity index (χ2n) is 5.82. The lowest BCUT2D eigenvalue weighted by Gasteiger charge is -2.11. The van der Waals surface area contributed by atoms with Crippen LogP contribution in [0.15, 0.2) is 60.7 Å². The van der Waals surface area contributed by atoms with Crippen molar-refractivity contribution in [3.8, 4) is 0 Å². The summed E-state index contributed by atoms with van der Waals surface area (Å²) in [5.41, 5.74) is 1.98. The van der Waals surface area contributed by atoms with Gasteiger partial charge in [0.15, 0.2) is 5.78 Å². The standard InChI is InChI=1S/C21H22ClNO3/c1-2-3-9-19(24)14-20(17-10-12-18(22)13-11-17)23-21(25)26-15-16-7-5-4-6-8-16/h4-8,10-14H,2-3,9,15H2,1H3,(H,23,25)/b20-14-. The van der Waals surface area contributed by atoms with Crippen LogP contribution in [0.25, 0.3) is 5.70 Å². The number of benzene rings is 2. The summed E-state index contributed by atoms with van der Waals surface area (Å²) in [6, 6.07) is 16.3. The molecule has 0 atom stereocenters. The highest BCUT2D eigenvalue weighted by Gasteiger charge is 2.11. The molecule has 0 aliphatic carbocycles. The number of rotatable bonds is 8. The van der Waals surface area contributed by atoms with Gasteiger partial charge in [0.2, 0.25) is 0 Å². The van der Waals surface area contributed by atoms with E-state index in [-0.39, 0.29) is 12.4 Å². The summed E-state index contributed by atoms with van der Waals surface area (Å²) in [4.78, 5) is 24.3. The molecule has 4 nitrogen and oxygen atoms in total. The fraction of sp³-hybridized carbons (Fsp3) is 0.238. The maximum atomic E-state index is 12.2. The summed E-state index contributed by atoms with van der Waals surface area (Å²) >= 11 is 5.92. The molecule has 2 rings (SSSR count). The third kappa shape index (κ3) is 6.73. The number of hydrogen-bond acceptors (Lipinski definition) is 3. The predicted molar refractivity (Wildman–Crippen MR) is 104 cm³/mol. The zero-order valence-corrected chi connectivity index (χ0v) is 15.5. The number of nitrogens with one attached hydrogen (secondary N) is 1. The minimum Gasteiger partial charge on any atom is -0.444 e. The van der Waals surface area contributed by atoms with Gasteiger partial charge in [0.1, 0.15) is 6.61 Å². The normalized spacial score (nSPS) is 11.1. The number of ether oxygens (including phenoxy) is 1. The first kappa shape index (κ1) is 19.7. The largest absolute Gasteiger partial charge is 0.444 e. The molecule has 0 radical (unpaired) electrons. The molecule has 0 bridgehead atoms. The summed E-state index contributed by atoms with van der Waals surface area (Å²) < 4.78 is 5.24. The lowest BCUT2D eigenvalue weighted by atomic mass is 10.1. The maximum Gasteiger partial charge on any atom is 0.411 e. The fourth-order valence-corrected chi connectivity index (χ4v) is 2.40. The van der Waals surface area contributed by atoms with E-state index in [0.717, 1.165) is 18.4 Å².